The van der Waals surface area contributed by atoms with Crippen LogP contribution in [0.25, 0.3) is 10.8 Å². The minimum Gasteiger partial charge on any atom is -0.470 e. The van der Waals surface area contributed by atoms with Crippen LogP contribution in [-0.2, 0) is 16.0 Å². The summed E-state index contributed by atoms with van der Waals surface area (Å²) in [6.07, 6.45) is 6.25. The van der Waals surface area contributed by atoms with Gasteiger partial charge >= 0.3 is 5.97 Å². The van der Waals surface area contributed by atoms with Crippen LogP contribution in [0.15, 0.2) is 30.6 Å². The number of ether oxygens (including phenoxy) is 2. The molecule has 0 aliphatic carbocycles. The number of nitrogens with one attached hydrogen (secondary N) is 1. The van der Waals surface area contributed by atoms with Gasteiger partial charge in [-0.15, -0.1) is 0 Å². The Kier molecular flexibility index (Phi) is 6.47. The number of likely N-dealkylation sites (tertiary alicyclic amines) is 1. The lowest BCUT2D eigenvalue weighted by Crippen LogP contribution is -2.55. The highest BCUT2D eigenvalue weighted by atomic mass is 16.6. The number of nitrogens with zero attached hydrogens (tertiary/aromatic N) is 4. The summed E-state index contributed by atoms with van der Waals surface area (Å²) in [5.74, 6) is 1.81. The third-order valence-electron chi connectivity index (χ3n) is 7.00. The van der Waals surface area contributed by atoms with Crippen molar-refractivity contribution in [1.82, 2.24) is 19.9 Å². The molecule has 1 saturated heterocycles. The number of rotatable bonds is 7. The van der Waals surface area contributed by atoms with Crippen molar-refractivity contribution in [2.24, 2.45) is 0 Å². The molecule has 3 aromatic heterocycles. The number of carbonyl (C=O) groups is 2. The molecule has 5 rings (SSSR count). The zero-order valence-corrected chi connectivity index (χ0v) is 22.0. The molecule has 0 radical (unpaired) electrons. The Hall–Kier alpha value is -3.75. The Balaban J connectivity index is 1.45. The van der Waals surface area contributed by atoms with E-state index in [0.29, 0.717) is 54.2 Å². The summed E-state index contributed by atoms with van der Waals surface area (Å²) in [5, 5.41) is 5.17. The van der Waals surface area contributed by atoms with Crippen molar-refractivity contribution in [1.29, 1.82) is 0 Å². The van der Waals surface area contributed by atoms with Gasteiger partial charge in [0.2, 0.25) is 11.8 Å². The molecule has 5 heterocycles. The predicted octanol–water partition coefficient (Wildman–Crippen LogP) is 4.77. The van der Waals surface area contributed by atoms with E-state index < -0.39 is 5.60 Å². The molecule has 2 aliphatic heterocycles. The Morgan fingerprint density at radius 2 is 2.00 bits per heavy atom. The molecule has 0 saturated carbocycles. The van der Waals surface area contributed by atoms with Crippen molar-refractivity contribution in [2.75, 3.05) is 18.4 Å². The summed E-state index contributed by atoms with van der Waals surface area (Å²) in [7, 11) is 0. The lowest BCUT2D eigenvalue weighted by atomic mass is 9.94. The van der Waals surface area contributed by atoms with Crippen LogP contribution in [0, 0.1) is 0 Å². The number of amides is 1. The number of carbonyl (C=O) groups excluding carboxylic acids is 2. The van der Waals surface area contributed by atoms with Gasteiger partial charge in [0.25, 0.3) is 0 Å². The third kappa shape index (κ3) is 5.08. The van der Waals surface area contributed by atoms with Gasteiger partial charge in [-0.05, 0) is 55.3 Å². The van der Waals surface area contributed by atoms with Crippen molar-refractivity contribution >= 4 is 34.3 Å². The van der Waals surface area contributed by atoms with Crippen molar-refractivity contribution in [3.05, 3.63) is 47.4 Å². The average molecular weight is 504 g/mol. The van der Waals surface area contributed by atoms with Crippen molar-refractivity contribution in [2.45, 2.75) is 71.5 Å². The maximum absolute atomic E-state index is 12.3. The number of cyclic esters (lactones) is 1. The summed E-state index contributed by atoms with van der Waals surface area (Å²) in [6.45, 7) is 10.8. The van der Waals surface area contributed by atoms with E-state index >= 15 is 0 Å². The van der Waals surface area contributed by atoms with Gasteiger partial charge in [0.15, 0.2) is 0 Å². The van der Waals surface area contributed by atoms with Gasteiger partial charge in [0, 0.05) is 25.7 Å². The van der Waals surface area contributed by atoms with E-state index in [-0.39, 0.29) is 18.0 Å². The van der Waals surface area contributed by atoms with Crippen LogP contribution in [0.2, 0.25) is 0 Å². The molecule has 0 aromatic carbocycles. The second-order valence-electron chi connectivity index (χ2n) is 10.6. The quantitative estimate of drug-likeness (QED) is 0.460. The monoisotopic (exact) mass is 503 g/mol. The standard InChI is InChI=1S/C28H33N5O4/c1-6-7-16(2)21-12-30-26(36-18-14-33(15-18)17(3)34)22-13-29-25(10-20(21)22)32-24-9-8-19-23(31-24)11-28(4,5)37-27(19)35/h8-10,12-13,16,18H,6-7,11,14-15H2,1-5H3,(H,29,31,32). The molecule has 37 heavy (non-hydrogen) atoms. The van der Waals surface area contributed by atoms with Crippen LogP contribution in [0.4, 0.5) is 11.6 Å². The minimum atomic E-state index is -0.591. The van der Waals surface area contributed by atoms with Gasteiger partial charge in [-0.3, -0.25) is 4.79 Å². The number of anilines is 2. The fourth-order valence-electron chi connectivity index (χ4n) is 4.97. The van der Waals surface area contributed by atoms with Crippen molar-refractivity contribution < 1.29 is 19.1 Å². The molecule has 0 spiro atoms. The molecule has 9 heteroatoms. The maximum Gasteiger partial charge on any atom is 0.340 e. The number of hydrogen-bond donors (Lipinski definition) is 1. The molecule has 1 atom stereocenters. The summed E-state index contributed by atoms with van der Waals surface area (Å²) in [6, 6.07) is 5.52. The molecular formula is C28H33N5O4. The van der Waals surface area contributed by atoms with E-state index in [1.165, 1.54) is 0 Å². The second-order valence-corrected chi connectivity index (χ2v) is 10.6. The summed E-state index contributed by atoms with van der Waals surface area (Å²) >= 11 is 0. The molecule has 3 aromatic rings. The lowest BCUT2D eigenvalue weighted by Gasteiger charge is -2.38. The first-order valence-corrected chi connectivity index (χ1v) is 12.8. The van der Waals surface area contributed by atoms with E-state index in [0.717, 1.165) is 29.2 Å². The van der Waals surface area contributed by atoms with E-state index in [1.807, 2.05) is 26.1 Å². The van der Waals surface area contributed by atoms with Crippen LogP contribution in [-0.4, -0.2) is 56.5 Å². The fraction of sp³-hybridized carbons (Fsp3) is 0.464. The summed E-state index contributed by atoms with van der Waals surface area (Å²) in [5.41, 5.74) is 1.76. The van der Waals surface area contributed by atoms with Gasteiger partial charge in [0.1, 0.15) is 23.3 Å². The molecule has 0 bridgehead atoms. The lowest BCUT2D eigenvalue weighted by molar-refractivity contribution is -0.137. The van der Waals surface area contributed by atoms with Gasteiger partial charge in [0.05, 0.1) is 29.7 Å². The van der Waals surface area contributed by atoms with Crippen LogP contribution < -0.4 is 10.1 Å². The zero-order chi connectivity index (χ0) is 26.3. The highest BCUT2D eigenvalue weighted by Gasteiger charge is 2.34. The molecule has 9 nitrogen and oxygen atoms in total. The van der Waals surface area contributed by atoms with E-state index in [9.17, 15) is 9.59 Å². The average Bonchev–Trinajstić information content (AvgIpc) is 2.79. The largest absolute Gasteiger partial charge is 0.470 e. The van der Waals surface area contributed by atoms with Gasteiger partial charge in [-0.1, -0.05) is 20.3 Å². The predicted molar refractivity (Wildman–Crippen MR) is 140 cm³/mol. The fourth-order valence-corrected chi connectivity index (χ4v) is 4.97. The van der Waals surface area contributed by atoms with Crippen molar-refractivity contribution in [3.63, 3.8) is 0 Å². The van der Waals surface area contributed by atoms with Gasteiger partial charge in [-0.2, -0.15) is 0 Å². The van der Waals surface area contributed by atoms with E-state index in [1.54, 1.807) is 30.2 Å². The van der Waals surface area contributed by atoms with Crippen LogP contribution in [0.3, 0.4) is 0 Å². The number of hydrogen-bond acceptors (Lipinski definition) is 8. The Morgan fingerprint density at radius 3 is 2.73 bits per heavy atom. The van der Waals surface area contributed by atoms with Crippen molar-refractivity contribution in [3.8, 4) is 5.88 Å². The molecule has 1 amide bonds. The normalized spacial score (nSPS) is 17.5. The SMILES string of the molecule is CCCC(C)c1cnc(OC2CN(C(C)=O)C2)c2cnc(Nc3ccc4c(n3)CC(C)(C)OC4=O)cc12. The molecule has 1 fully saturated rings. The number of esters is 1. The summed E-state index contributed by atoms with van der Waals surface area (Å²) in [4.78, 5) is 39.6. The minimum absolute atomic E-state index is 0.0510. The third-order valence-corrected chi connectivity index (χ3v) is 7.00. The molecule has 1 N–H and O–H groups in total. The summed E-state index contributed by atoms with van der Waals surface area (Å²) < 4.78 is 11.6. The van der Waals surface area contributed by atoms with Crippen LogP contribution in [0.5, 0.6) is 5.88 Å². The Morgan fingerprint density at radius 1 is 1.22 bits per heavy atom. The van der Waals surface area contributed by atoms with Gasteiger partial charge in [-0.25, -0.2) is 19.7 Å². The first-order valence-electron chi connectivity index (χ1n) is 12.8. The smallest absolute Gasteiger partial charge is 0.340 e. The first-order chi connectivity index (χ1) is 17.6. The zero-order valence-electron chi connectivity index (χ0n) is 22.0. The molecule has 194 valence electrons. The van der Waals surface area contributed by atoms with Crippen LogP contribution in [0.1, 0.15) is 75.0 Å². The highest BCUT2D eigenvalue weighted by Crippen LogP contribution is 2.35. The topological polar surface area (TPSA) is 107 Å². The number of fused-ring (bicyclic) bond motifs is 2. The molecule has 2 aliphatic rings. The molecular weight excluding hydrogens is 470 g/mol. The van der Waals surface area contributed by atoms with Crippen LogP contribution >= 0.6 is 0 Å². The van der Waals surface area contributed by atoms with E-state index in [4.69, 9.17) is 14.5 Å². The number of aromatic nitrogens is 3. The van der Waals surface area contributed by atoms with Gasteiger partial charge < -0.3 is 19.7 Å². The number of pyridine rings is 3. The Bertz CT molecular complexity index is 1370. The maximum atomic E-state index is 12.3. The Labute approximate surface area is 216 Å². The first kappa shape index (κ1) is 24.9. The van der Waals surface area contributed by atoms with E-state index in [2.05, 4.69) is 29.1 Å². The highest BCUT2D eigenvalue weighted by molar-refractivity contribution is 5.93. The second kappa shape index (κ2) is 9.61. The molecule has 1 unspecified atom stereocenters.